The molecule has 2 N–H and O–H groups in total. The molecule has 1 saturated heterocycles. The van der Waals surface area contributed by atoms with Gasteiger partial charge in [0.1, 0.15) is 6.04 Å². The number of carbonyl (C=O) groups excluding carboxylic acids is 2. The first-order valence-electron chi connectivity index (χ1n) is 7.87. The van der Waals surface area contributed by atoms with E-state index in [1.807, 2.05) is 38.1 Å². The summed E-state index contributed by atoms with van der Waals surface area (Å²) in [5, 5.41) is 3.88. The highest BCUT2D eigenvalue weighted by Crippen LogP contribution is 2.26. The number of nitrogens with one attached hydrogen (secondary N) is 2. The summed E-state index contributed by atoms with van der Waals surface area (Å²) in [5.74, 6) is 1.06. The van der Waals surface area contributed by atoms with Gasteiger partial charge < -0.3 is 15.2 Å². The third kappa shape index (κ3) is 3.08. The first-order chi connectivity index (χ1) is 11.1. The molecule has 1 aromatic carbocycles. The van der Waals surface area contributed by atoms with Gasteiger partial charge in [-0.3, -0.25) is 9.59 Å². The van der Waals surface area contributed by atoms with Crippen LogP contribution in [0.1, 0.15) is 30.6 Å². The molecule has 23 heavy (non-hydrogen) atoms. The molecule has 122 valence electrons. The van der Waals surface area contributed by atoms with E-state index in [1.165, 1.54) is 0 Å². The van der Waals surface area contributed by atoms with Crippen LogP contribution in [0.2, 0.25) is 0 Å². The Morgan fingerprint density at radius 2 is 2.22 bits per heavy atom. The van der Waals surface area contributed by atoms with Gasteiger partial charge in [-0.05, 0) is 19.4 Å². The van der Waals surface area contributed by atoms with E-state index in [9.17, 15) is 9.59 Å². The van der Waals surface area contributed by atoms with Crippen LogP contribution in [-0.4, -0.2) is 45.4 Å². The first kappa shape index (κ1) is 15.9. The average Bonchev–Trinajstić information content (AvgIpc) is 3.21. The van der Waals surface area contributed by atoms with Crippen LogP contribution in [0.25, 0.3) is 10.9 Å². The third-order valence-corrected chi connectivity index (χ3v) is 5.28. The van der Waals surface area contributed by atoms with Crippen molar-refractivity contribution < 1.29 is 9.59 Å². The number of aromatic amines is 1. The molecule has 0 saturated carbocycles. The predicted octanol–water partition coefficient (Wildman–Crippen LogP) is 2.60. The number of hydrogen-bond donors (Lipinski definition) is 2. The molecule has 1 aliphatic rings. The highest BCUT2D eigenvalue weighted by atomic mass is 32.2. The Morgan fingerprint density at radius 1 is 1.43 bits per heavy atom. The molecule has 3 rings (SSSR count). The van der Waals surface area contributed by atoms with E-state index in [0.717, 1.165) is 17.3 Å². The predicted molar refractivity (Wildman–Crippen MR) is 93.5 cm³/mol. The van der Waals surface area contributed by atoms with Gasteiger partial charge in [0.25, 0.3) is 5.91 Å². The summed E-state index contributed by atoms with van der Waals surface area (Å²) in [7, 11) is 0. The van der Waals surface area contributed by atoms with E-state index in [2.05, 4.69) is 10.3 Å². The zero-order chi connectivity index (χ0) is 16.4. The number of rotatable bonds is 4. The van der Waals surface area contributed by atoms with Crippen molar-refractivity contribution in [3.63, 3.8) is 0 Å². The van der Waals surface area contributed by atoms with Crippen LogP contribution in [0.5, 0.6) is 0 Å². The van der Waals surface area contributed by atoms with Gasteiger partial charge in [0.2, 0.25) is 5.91 Å². The summed E-state index contributed by atoms with van der Waals surface area (Å²) < 4.78 is 0. The molecular weight excluding hydrogens is 310 g/mol. The molecule has 0 radical (unpaired) electrons. The van der Waals surface area contributed by atoms with Crippen molar-refractivity contribution in [1.29, 1.82) is 0 Å². The van der Waals surface area contributed by atoms with Gasteiger partial charge in [-0.15, -0.1) is 11.8 Å². The van der Waals surface area contributed by atoms with Crippen molar-refractivity contribution in [2.24, 2.45) is 0 Å². The maximum Gasteiger partial charge on any atom is 0.257 e. The van der Waals surface area contributed by atoms with Crippen molar-refractivity contribution >= 4 is 34.5 Å². The monoisotopic (exact) mass is 331 g/mol. The lowest BCUT2D eigenvalue weighted by Gasteiger charge is -2.24. The number of hydrogen-bond acceptors (Lipinski definition) is 3. The maximum atomic E-state index is 12.9. The van der Waals surface area contributed by atoms with Crippen molar-refractivity contribution in [2.45, 2.75) is 32.4 Å². The fourth-order valence-corrected chi connectivity index (χ4v) is 3.86. The number of H-pyrrole nitrogens is 1. The average molecular weight is 331 g/mol. The van der Waals surface area contributed by atoms with Crippen LogP contribution < -0.4 is 5.32 Å². The zero-order valence-electron chi connectivity index (χ0n) is 13.3. The highest BCUT2D eigenvalue weighted by Gasteiger charge is 2.36. The normalized spacial score (nSPS) is 19.0. The van der Waals surface area contributed by atoms with Gasteiger partial charge in [-0.1, -0.05) is 25.1 Å². The minimum Gasteiger partial charge on any atom is -0.360 e. The highest BCUT2D eigenvalue weighted by molar-refractivity contribution is 7.99. The number of nitrogens with zero attached hydrogens (tertiary/aromatic N) is 1. The topological polar surface area (TPSA) is 65.2 Å². The second-order valence-electron chi connectivity index (χ2n) is 5.86. The van der Waals surface area contributed by atoms with Crippen molar-refractivity contribution in [2.75, 3.05) is 11.6 Å². The Hall–Kier alpha value is -1.95. The summed E-state index contributed by atoms with van der Waals surface area (Å²) in [6.07, 6.45) is 2.61. The van der Waals surface area contributed by atoms with Gasteiger partial charge in [0.15, 0.2) is 0 Å². The van der Waals surface area contributed by atoms with Crippen LogP contribution >= 0.6 is 11.8 Å². The third-order valence-electron chi connectivity index (χ3n) is 4.27. The quantitative estimate of drug-likeness (QED) is 0.905. The largest absolute Gasteiger partial charge is 0.360 e. The van der Waals surface area contributed by atoms with Crippen molar-refractivity contribution in [3.8, 4) is 0 Å². The molecule has 0 aliphatic carbocycles. The molecule has 5 nitrogen and oxygen atoms in total. The van der Waals surface area contributed by atoms with Crippen molar-refractivity contribution in [3.05, 3.63) is 36.0 Å². The van der Waals surface area contributed by atoms with Crippen LogP contribution in [0.3, 0.4) is 0 Å². The summed E-state index contributed by atoms with van der Waals surface area (Å²) in [6, 6.07) is 7.45. The Morgan fingerprint density at radius 3 is 3.00 bits per heavy atom. The standard InChI is InChI=1S/C17H21N3O2S/c1-3-11(2)19-16(21)15-9-23-10-20(15)17(22)13-8-18-14-7-5-4-6-12(13)14/h4-8,11,15,18H,3,9-10H2,1-2H3,(H,19,21)/t11-,15-/m1/s1. The molecular formula is C17H21N3O2S. The Labute approximate surface area is 139 Å². The van der Waals surface area contributed by atoms with E-state index in [4.69, 9.17) is 0 Å². The van der Waals surface area contributed by atoms with Gasteiger partial charge >= 0.3 is 0 Å². The van der Waals surface area contributed by atoms with E-state index >= 15 is 0 Å². The Balaban J connectivity index is 1.82. The van der Waals surface area contributed by atoms with Crippen LogP contribution in [0.4, 0.5) is 0 Å². The summed E-state index contributed by atoms with van der Waals surface area (Å²) in [5.41, 5.74) is 1.56. The van der Waals surface area contributed by atoms with Gasteiger partial charge in [0, 0.05) is 28.9 Å². The van der Waals surface area contributed by atoms with E-state index in [1.54, 1.807) is 22.9 Å². The smallest absolute Gasteiger partial charge is 0.257 e. The Kier molecular flexibility index (Phi) is 4.61. The fourth-order valence-electron chi connectivity index (χ4n) is 2.70. The Bertz CT molecular complexity index is 727. The first-order valence-corrected chi connectivity index (χ1v) is 9.02. The molecule has 0 spiro atoms. The van der Waals surface area contributed by atoms with Gasteiger partial charge in [-0.25, -0.2) is 0 Å². The SMILES string of the molecule is CC[C@@H](C)NC(=O)[C@H]1CSCN1C(=O)c1c[nH]c2ccccc12. The van der Waals surface area contributed by atoms with Gasteiger partial charge in [0.05, 0.1) is 11.4 Å². The number of benzene rings is 1. The summed E-state index contributed by atoms with van der Waals surface area (Å²) in [6.45, 7) is 4.01. The second-order valence-corrected chi connectivity index (χ2v) is 6.86. The number of fused-ring (bicyclic) bond motifs is 1. The molecule has 6 heteroatoms. The molecule has 2 heterocycles. The van der Waals surface area contributed by atoms with Gasteiger partial charge in [-0.2, -0.15) is 0 Å². The molecule has 1 fully saturated rings. The lowest BCUT2D eigenvalue weighted by molar-refractivity contribution is -0.125. The fraction of sp³-hybridized carbons (Fsp3) is 0.412. The lowest BCUT2D eigenvalue weighted by atomic mass is 10.1. The summed E-state index contributed by atoms with van der Waals surface area (Å²) >= 11 is 1.62. The minimum absolute atomic E-state index is 0.0578. The van der Waals surface area contributed by atoms with Crippen LogP contribution in [0, 0.1) is 0 Å². The molecule has 1 aliphatic heterocycles. The molecule has 2 amide bonds. The maximum absolute atomic E-state index is 12.9. The number of thioether (sulfide) groups is 1. The second kappa shape index (κ2) is 6.66. The van der Waals surface area contributed by atoms with Crippen molar-refractivity contribution in [1.82, 2.24) is 15.2 Å². The zero-order valence-corrected chi connectivity index (χ0v) is 14.2. The molecule has 0 bridgehead atoms. The molecule has 0 unspecified atom stereocenters. The van der Waals surface area contributed by atoms with E-state index < -0.39 is 6.04 Å². The van der Waals surface area contributed by atoms with E-state index in [0.29, 0.717) is 17.2 Å². The summed E-state index contributed by atoms with van der Waals surface area (Å²) in [4.78, 5) is 30.1. The molecule has 2 aromatic rings. The number of para-hydroxylation sites is 1. The molecule has 1 aromatic heterocycles. The van der Waals surface area contributed by atoms with Crippen LogP contribution in [0.15, 0.2) is 30.5 Å². The van der Waals surface area contributed by atoms with E-state index in [-0.39, 0.29) is 17.9 Å². The minimum atomic E-state index is -0.393. The molecule has 2 atom stereocenters. The number of aromatic nitrogens is 1. The number of carbonyl (C=O) groups is 2. The number of amides is 2. The lowest BCUT2D eigenvalue weighted by Crippen LogP contribution is -2.49. The van der Waals surface area contributed by atoms with Crippen LogP contribution in [-0.2, 0) is 4.79 Å².